The lowest BCUT2D eigenvalue weighted by Gasteiger charge is -2.33. The Bertz CT molecular complexity index is 867. The number of nitrogens with zero attached hydrogens (tertiary/aromatic N) is 1. The molecule has 1 aliphatic rings. The zero-order chi connectivity index (χ0) is 15.3. The van der Waals surface area contributed by atoms with Crippen molar-refractivity contribution in [3.8, 4) is 0 Å². The molecule has 3 heterocycles. The molecule has 0 saturated carbocycles. The van der Waals surface area contributed by atoms with Crippen LogP contribution in [0.25, 0.3) is 10.9 Å². The van der Waals surface area contributed by atoms with Crippen LogP contribution >= 0.6 is 22.9 Å². The predicted octanol–water partition coefficient (Wildman–Crippen LogP) is 4.64. The van der Waals surface area contributed by atoms with Crippen LogP contribution in [-0.2, 0) is 6.42 Å². The van der Waals surface area contributed by atoms with Gasteiger partial charge in [0.1, 0.15) is 5.69 Å². The Hall–Kier alpha value is -1.78. The Kier molecular flexibility index (Phi) is 3.24. The van der Waals surface area contributed by atoms with E-state index in [1.165, 1.54) is 10.4 Å². The van der Waals surface area contributed by atoms with Gasteiger partial charge in [-0.05, 0) is 36.4 Å². The van der Waals surface area contributed by atoms with Gasteiger partial charge in [-0.15, -0.1) is 11.3 Å². The van der Waals surface area contributed by atoms with Gasteiger partial charge in [-0.2, -0.15) is 0 Å². The molecule has 1 amide bonds. The summed E-state index contributed by atoms with van der Waals surface area (Å²) in [5, 5.41) is 3.52. The van der Waals surface area contributed by atoms with Gasteiger partial charge in [-0.25, -0.2) is 0 Å². The van der Waals surface area contributed by atoms with Crippen molar-refractivity contribution in [2.75, 3.05) is 6.54 Å². The lowest BCUT2D eigenvalue weighted by atomic mass is 10.0. The van der Waals surface area contributed by atoms with Gasteiger partial charge in [0.15, 0.2) is 0 Å². The monoisotopic (exact) mass is 330 g/mol. The van der Waals surface area contributed by atoms with Crippen molar-refractivity contribution in [2.24, 2.45) is 0 Å². The lowest BCUT2D eigenvalue weighted by molar-refractivity contribution is 0.0674. The Morgan fingerprint density at radius 2 is 2.18 bits per heavy atom. The van der Waals surface area contributed by atoms with E-state index in [-0.39, 0.29) is 11.9 Å². The summed E-state index contributed by atoms with van der Waals surface area (Å²) in [6, 6.07) is 9.94. The number of amides is 1. The van der Waals surface area contributed by atoms with Crippen LogP contribution < -0.4 is 0 Å². The number of rotatable bonds is 1. The minimum absolute atomic E-state index is 0.0226. The topological polar surface area (TPSA) is 36.1 Å². The molecule has 2 aromatic heterocycles. The highest BCUT2D eigenvalue weighted by Gasteiger charge is 2.31. The van der Waals surface area contributed by atoms with E-state index >= 15 is 0 Å². The summed E-state index contributed by atoms with van der Waals surface area (Å²) in [4.78, 5) is 19.4. The van der Waals surface area contributed by atoms with Crippen LogP contribution in [0.4, 0.5) is 0 Å². The van der Waals surface area contributed by atoms with Gasteiger partial charge in [-0.1, -0.05) is 29.8 Å². The number of carbonyl (C=O) groups excluding carboxylic acids is 1. The van der Waals surface area contributed by atoms with Crippen LogP contribution in [0.2, 0.25) is 5.02 Å². The Balaban J connectivity index is 1.74. The van der Waals surface area contributed by atoms with Gasteiger partial charge in [0.25, 0.3) is 5.91 Å². The fourth-order valence-corrected chi connectivity index (χ4v) is 4.44. The molecule has 0 saturated heterocycles. The number of thiophene rings is 1. The van der Waals surface area contributed by atoms with Crippen LogP contribution in [-0.4, -0.2) is 22.3 Å². The molecule has 0 fully saturated rings. The fourth-order valence-electron chi connectivity index (χ4n) is 3.19. The number of benzene rings is 1. The standard InChI is InChI=1S/C17H15ClN2OS/c1-10-11-7-9-22-14(11)6-8-20(10)17(21)16-15(18)12-4-2-3-5-13(12)19-16/h2-5,7,9-10,19H,6,8H2,1H3/t10-/m0/s1. The molecular weight excluding hydrogens is 316 g/mol. The third-order valence-electron chi connectivity index (χ3n) is 4.39. The Morgan fingerprint density at radius 3 is 3.00 bits per heavy atom. The third kappa shape index (κ3) is 1.98. The van der Waals surface area contributed by atoms with Crippen LogP contribution in [0.3, 0.4) is 0 Å². The first-order valence-electron chi connectivity index (χ1n) is 7.30. The molecule has 0 radical (unpaired) electrons. The molecule has 3 nitrogen and oxygen atoms in total. The molecular formula is C17H15ClN2OS. The number of halogens is 1. The molecule has 112 valence electrons. The maximum atomic E-state index is 12.9. The minimum Gasteiger partial charge on any atom is -0.349 e. The second-order valence-electron chi connectivity index (χ2n) is 5.58. The highest BCUT2D eigenvalue weighted by molar-refractivity contribution is 7.10. The third-order valence-corrected chi connectivity index (χ3v) is 5.78. The first kappa shape index (κ1) is 13.9. The van der Waals surface area contributed by atoms with Crippen LogP contribution in [0.1, 0.15) is 33.9 Å². The largest absolute Gasteiger partial charge is 0.349 e. The first-order valence-corrected chi connectivity index (χ1v) is 8.56. The number of aromatic amines is 1. The number of para-hydroxylation sites is 1. The minimum atomic E-state index is -0.0226. The second kappa shape index (κ2) is 5.14. The quantitative estimate of drug-likeness (QED) is 0.693. The smallest absolute Gasteiger partial charge is 0.272 e. The van der Waals surface area contributed by atoms with Crippen molar-refractivity contribution >= 4 is 39.7 Å². The first-order chi connectivity index (χ1) is 10.7. The van der Waals surface area contributed by atoms with Crippen LogP contribution in [0.15, 0.2) is 35.7 Å². The Morgan fingerprint density at radius 1 is 1.36 bits per heavy atom. The summed E-state index contributed by atoms with van der Waals surface area (Å²) in [5.41, 5.74) is 2.65. The van der Waals surface area contributed by atoms with Crippen molar-refractivity contribution in [3.63, 3.8) is 0 Å². The number of nitrogens with one attached hydrogen (secondary N) is 1. The molecule has 0 unspecified atom stereocenters. The maximum Gasteiger partial charge on any atom is 0.272 e. The second-order valence-corrected chi connectivity index (χ2v) is 6.96. The van der Waals surface area contributed by atoms with E-state index < -0.39 is 0 Å². The molecule has 0 spiro atoms. The molecule has 0 bridgehead atoms. The summed E-state index contributed by atoms with van der Waals surface area (Å²) in [5.74, 6) is -0.0226. The molecule has 1 aromatic carbocycles. The molecule has 1 N–H and O–H groups in total. The van der Waals surface area contributed by atoms with E-state index in [0.717, 1.165) is 23.9 Å². The van der Waals surface area contributed by atoms with Gasteiger partial charge < -0.3 is 9.88 Å². The van der Waals surface area contributed by atoms with Crippen LogP contribution in [0, 0.1) is 0 Å². The molecule has 22 heavy (non-hydrogen) atoms. The normalized spacial score (nSPS) is 17.7. The van der Waals surface area contributed by atoms with E-state index in [2.05, 4.69) is 23.4 Å². The van der Waals surface area contributed by atoms with Gasteiger partial charge in [0.2, 0.25) is 0 Å². The summed E-state index contributed by atoms with van der Waals surface area (Å²) < 4.78 is 0. The predicted molar refractivity (Wildman–Crippen MR) is 90.8 cm³/mol. The van der Waals surface area contributed by atoms with E-state index in [4.69, 9.17) is 11.6 Å². The fraction of sp³-hybridized carbons (Fsp3) is 0.235. The average Bonchev–Trinajstić information content (AvgIpc) is 3.13. The molecule has 3 aromatic rings. The van der Waals surface area contributed by atoms with Crippen molar-refractivity contribution < 1.29 is 4.79 Å². The van der Waals surface area contributed by atoms with Crippen molar-refractivity contribution in [2.45, 2.75) is 19.4 Å². The summed E-state index contributed by atoms with van der Waals surface area (Å²) >= 11 is 8.20. The summed E-state index contributed by atoms with van der Waals surface area (Å²) in [6.45, 7) is 2.82. The zero-order valence-electron chi connectivity index (χ0n) is 12.1. The van der Waals surface area contributed by atoms with Crippen LogP contribution in [0.5, 0.6) is 0 Å². The molecule has 1 atom stereocenters. The Labute approximate surface area is 137 Å². The van der Waals surface area contributed by atoms with E-state index in [9.17, 15) is 4.79 Å². The number of fused-ring (bicyclic) bond motifs is 2. The highest BCUT2D eigenvalue weighted by atomic mass is 35.5. The molecule has 1 aliphatic heterocycles. The van der Waals surface area contributed by atoms with Crippen molar-refractivity contribution in [1.82, 2.24) is 9.88 Å². The van der Waals surface area contributed by atoms with Gasteiger partial charge in [0.05, 0.1) is 11.1 Å². The van der Waals surface area contributed by atoms with Gasteiger partial charge in [-0.3, -0.25) is 4.79 Å². The number of hydrogen-bond acceptors (Lipinski definition) is 2. The van der Waals surface area contributed by atoms with Gasteiger partial charge in [0, 0.05) is 22.3 Å². The highest BCUT2D eigenvalue weighted by Crippen LogP contribution is 2.35. The molecule has 4 rings (SSSR count). The molecule has 5 heteroatoms. The number of carbonyl (C=O) groups is 1. The van der Waals surface area contributed by atoms with E-state index in [0.29, 0.717) is 10.7 Å². The lowest BCUT2D eigenvalue weighted by Crippen LogP contribution is -2.38. The van der Waals surface area contributed by atoms with Gasteiger partial charge >= 0.3 is 0 Å². The average molecular weight is 331 g/mol. The van der Waals surface area contributed by atoms with Crippen molar-refractivity contribution in [3.05, 3.63) is 56.9 Å². The number of H-pyrrole nitrogens is 1. The van der Waals surface area contributed by atoms with E-state index in [1.807, 2.05) is 29.2 Å². The zero-order valence-corrected chi connectivity index (χ0v) is 13.7. The SMILES string of the molecule is C[C@H]1c2ccsc2CCN1C(=O)c1[nH]c2ccccc2c1Cl. The number of aromatic nitrogens is 1. The van der Waals surface area contributed by atoms with Crippen molar-refractivity contribution in [1.29, 1.82) is 0 Å². The summed E-state index contributed by atoms with van der Waals surface area (Å²) in [6.07, 6.45) is 0.918. The maximum absolute atomic E-state index is 12.9. The number of hydrogen-bond donors (Lipinski definition) is 1. The molecule has 0 aliphatic carbocycles. The summed E-state index contributed by atoms with van der Waals surface area (Å²) in [7, 11) is 0. The van der Waals surface area contributed by atoms with E-state index in [1.54, 1.807) is 11.3 Å².